The molecule has 0 radical (unpaired) electrons. The van der Waals surface area contributed by atoms with Crippen LogP contribution < -0.4 is 17.2 Å². The number of likely N-dealkylation sites (tertiary alicyclic amines) is 1. The molecule has 2 rings (SSSR count). The summed E-state index contributed by atoms with van der Waals surface area (Å²) in [5.74, 6) is -1.92. The van der Waals surface area contributed by atoms with Gasteiger partial charge in [-0.15, -0.1) is 0 Å². The predicted octanol–water partition coefficient (Wildman–Crippen LogP) is 0.921. The van der Waals surface area contributed by atoms with E-state index in [1.54, 1.807) is 0 Å². The minimum atomic E-state index is -4.67. The van der Waals surface area contributed by atoms with Crippen molar-refractivity contribution in [1.82, 2.24) is 4.90 Å². The summed E-state index contributed by atoms with van der Waals surface area (Å²) in [7, 11) is -1.06. The Morgan fingerprint density at radius 2 is 1.87 bits per heavy atom. The third-order valence-corrected chi connectivity index (χ3v) is 5.93. The molecule has 1 aromatic rings. The molecule has 0 saturated carbocycles. The Labute approximate surface area is 180 Å². The number of halogens is 3. The molecule has 1 heterocycles. The number of rotatable bonds is 6. The molecule has 2 amide bonds. The van der Waals surface area contributed by atoms with Crippen LogP contribution in [0.5, 0.6) is 0 Å². The van der Waals surface area contributed by atoms with Crippen molar-refractivity contribution in [1.29, 1.82) is 0 Å². The Morgan fingerprint density at radius 3 is 2.39 bits per heavy atom. The van der Waals surface area contributed by atoms with E-state index in [0.717, 1.165) is 6.07 Å². The summed E-state index contributed by atoms with van der Waals surface area (Å²) in [6.45, 7) is 0.525. The molecule has 2 atom stereocenters. The van der Waals surface area contributed by atoms with Crippen LogP contribution in [0.3, 0.4) is 0 Å². The van der Waals surface area contributed by atoms with Crippen molar-refractivity contribution in [2.45, 2.75) is 37.4 Å². The maximum absolute atomic E-state index is 13.7. The first-order valence-electron chi connectivity index (χ1n) is 9.59. The third-order valence-electron chi connectivity index (χ3n) is 5.12. The second-order valence-corrected chi connectivity index (χ2v) is 8.97. The summed E-state index contributed by atoms with van der Waals surface area (Å²) in [6, 6.07) is 2.50. The SMILES string of the molecule is CS(=O)CC[C@H](N)C(=O)N1CCC(c2ccc(C(=O)N=C(N)N)cc2C(F)(F)F)CC1. The van der Waals surface area contributed by atoms with E-state index in [1.807, 2.05) is 0 Å². The number of carbonyl (C=O) groups is 2. The average molecular weight is 462 g/mol. The maximum Gasteiger partial charge on any atom is 0.416 e. The second-order valence-electron chi connectivity index (χ2n) is 7.41. The standard InChI is InChI=1S/C19H26F3N5O3S/c1-31(30)9-6-15(23)17(29)27-7-4-11(5-8-27)13-3-2-12(16(28)26-18(24)25)10-14(13)19(20,21)22/h2-3,10-11,15H,4-9,23H2,1H3,(H4,24,25,26,28)/t15-,31?/m0/s1. The highest BCUT2D eigenvalue weighted by molar-refractivity contribution is 7.84. The van der Waals surface area contributed by atoms with Gasteiger partial charge in [-0.25, -0.2) is 0 Å². The fourth-order valence-electron chi connectivity index (χ4n) is 3.53. The number of hydrogen-bond donors (Lipinski definition) is 3. The van der Waals surface area contributed by atoms with E-state index in [9.17, 15) is 27.0 Å². The van der Waals surface area contributed by atoms with Crippen molar-refractivity contribution in [3.63, 3.8) is 0 Å². The molecule has 1 aliphatic heterocycles. The van der Waals surface area contributed by atoms with Gasteiger partial charge in [0, 0.05) is 41.5 Å². The molecule has 0 bridgehead atoms. The summed E-state index contributed by atoms with van der Waals surface area (Å²) in [5, 5.41) is 0. The van der Waals surface area contributed by atoms with Crippen LogP contribution in [-0.4, -0.2) is 58.0 Å². The lowest BCUT2D eigenvalue weighted by Gasteiger charge is -2.34. The first kappa shape index (κ1) is 24.8. The molecule has 0 spiro atoms. The zero-order valence-electron chi connectivity index (χ0n) is 17.0. The van der Waals surface area contributed by atoms with E-state index in [0.29, 0.717) is 18.6 Å². The number of nitrogens with zero attached hydrogens (tertiary/aromatic N) is 2. The van der Waals surface area contributed by atoms with E-state index >= 15 is 0 Å². The van der Waals surface area contributed by atoms with Gasteiger partial charge >= 0.3 is 6.18 Å². The van der Waals surface area contributed by atoms with Gasteiger partial charge in [0.05, 0.1) is 11.6 Å². The minimum absolute atomic E-state index is 0.0616. The molecule has 1 unspecified atom stereocenters. The second kappa shape index (κ2) is 10.2. The van der Waals surface area contributed by atoms with Gasteiger partial charge in [0.15, 0.2) is 5.96 Å². The maximum atomic E-state index is 13.7. The molecule has 0 aliphatic carbocycles. The summed E-state index contributed by atoms with van der Waals surface area (Å²) < 4.78 is 52.2. The van der Waals surface area contributed by atoms with Gasteiger partial charge in [-0.05, 0) is 42.9 Å². The molecule has 12 heteroatoms. The van der Waals surface area contributed by atoms with Crippen LogP contribution in [0.2, 0.25) is 0 Å². The fourth-order valence-corrected chi connectivity index (χ4v) is 4.12. The van der Waals surface area contributed by atoms with Crippen molar-refractivity contribution in [2.75, 3.05) is 25.1 Å². The molecule has 1 saturated heterocycles. The van der Waals surface area contributed by atoms with E-state index < -0.39 is 46.4 Å². The normalized spacial score (nSPS) is 17.1. The molecule has 1 aromatic carbocycles. The van der Waals surface area contributed by atoms with Crippen LogP contribution in [0.25, 0.3) is 0 Å². The topological polar surface area (TPSA) is 145 Å². The van der Waals surface area contributed by atoms with Crippen LogP contribution in [0.1, 0.15) is 46.7 Å². The van der Waals surface area contributed by atoms with Crippen molar-refractivity contribution < 1.29 is 27.0 Å². The highest BCUT2D eigenvalue weighted by Crippen LogP contribution is 2.39. The molecule has 6 N–H and O–H groups in total. The van der Waals surface area contributed by atoms with Gasteiger partial charge < -0.3 is 22.1 Å². The van der Waals surface area contributed by atoms with Crippen LogP contribution in [0.15, 0.2) is 23.2 Å². The van der Waals surface area contributed by atoms with E-state index in [2.05, 4.69) is 4.99 Å². The zero-order chi connectivity index (χ0) is 23.3. The lowest BCUT2D eigenvalue weighted by molar-refractivity contribution is -0.139. The summed E-state index contributed by atoms with van der Waals surface area (Å²) >= 11 is 0. The van der Waals surface area contributed by atoms with E-state index in [4.69, 9.17) is 17.2 Å². The summed E-state index contributed by atoms with van der Waals surface area (Å²) in [5.41, 5.74) is 15.0. The number of carbonyl (C=O) groups excluding carboxylic acids is 2. The average Bonchev–Trinajstić information content (AvgIpc) is 2.70. The summed E-state index contributed by atoms with van der Waals surface area (Å²) in [6.07, 6.45) is -2.22. The van der Waals surface area contributed by atoms with Gasteiger partial charge in [-0.2, -0.15) is 18.2 Å². The predicted molar refractivity (Wildman–Crippen MR) is 112 cm³/mol. The summed E-state index contributed by atoms with van der Waals surface area (Å²) in [4.78, 5) is 29.2. The smallest absolute Gasteiger partial charge is 0.370 e. The first-order chi connectivity index (χ1) is 14.4. The fraction of sp³-hybridized carbons (Fsp3) is 0.526. The zero-order valence-corrected chi connectivity index (χ0v) is 17.8. The third kappa shape index (κ3) is 6.76. The van der Waals surface area contributed by atoms with Crippen molar-refractivity contribution in [2.24, 2.45) is 22.2 Å². The molecule has 1 aliphatic rings. The highest BCUT2D eigenvalue weighted by atomic mass is 32.2. The number of aliphatic imine (C=N–C) groups is 1. The largest absolute Gasteiger partial charge is 0.416 e. The Hall–Kier alpha value is -2.47. The number of nitrogens with two attached hydrogens (primary N) is 3. The number of piperidine rings is 1. The monoisotopic (exact) mass is 461 g/mol. The van der Waals surface area contributed by atoms with Crippen molar-refractivity contribution >= 4 is 28.6 Å². The number of guanidine groups is 1. The van der Waals surface area contributed by atoms with E-state index in [-0.39, 0.29) is 36.5 Å². The molecule has 0 aromatic heterocycles. The van der Waals surface area contributed by atoms with Crippen LogP contribution in [0, 0.1) is 0 Å². The van der Waals surface area contributed by atoms with Gasteiger partial charge in [-0.1, -0.05) is 6.07 Å². The Bertz CT molecular complexity index is 879. The van der Waals surface area contributed by atoms with Crippen LogP contribution >= 0.6 is 0 Å². The van der Waals surface area contributed by atoms with Gasteiger partial charge in [0.1, 0.15) is 0 Å². The highest BCUT2D eigenvalue weighted by Gasteiger charge is 2.37. The lowest BCUT2D eigenvalue weighted by atomic mass is 9.85. The number of benzene rings is 1. The minimum Gasteiger partial charge on any atom is -0.370 e. The van der Waals surface area contributed by atoms with Gasteiger partial charge in [0.25, 0.3) is 5.91 Å². The number of hydrogen-bond acceptors (Lipinski definition) is 4. The molecule has 31 heavy (non-hydrogen) atoms. The first-order valence-corrected chi connectivity index (χ1v) is 11.3. The van der Waals surface area contributed by atoms with Crippen molar-refractivity contribution in [3.05, 3.63) is 34.9 Å². The molecule has 172 valence electrons. The van der Waals surface area contributed by atoms with Crippen LogP contribution in [-0.2, 0) is 21.8 Å². The number of amides is 2. The lowest BCUT2D eigenvalue weighted by Crippen LogP contribution is -2.47. The number of alkyl halides is 3. The van der Waals surface area contributed by atoms with Crippen LogP contribution in [0.4, 0.5) is 13.2 Å². The Kier molecular flexibility index (Phi) is 8.18. The Balaban J connectivity index is 2.15. The Morgan fingerprint density at radius 1 is 1.26 bits per heavy atom. The van der Waals surface area contributed by atoms with E-state index in [1.165, 1.54) is 23.3 Å². The molecule has 1 fully saturated rings. The van der Waals surface area contributed by atoms with Gasteiger partial charge in [-0.3, -0.25) is 13.8 Å². The molecule has 8 nitrogen and oxygen atoms in total. The quantitative estimate of drug-likeness (QED) is 0.424. The van der Waals surface area contributed by atoms with Gasteiger partial charge in [0.2, 0.25) is 5.91 Å². The molecular formula is C19H26F3N5O3S. The molecular weight excluding hydrogens is 435 g/mol. The van der Waals surface area contributed by atoms with Crippen molar-refractivity contribution in [3.8, 4) is 0 Å².